The van der Waals surface area contributed by atoms with Gasteiger partial charge in [0.2, 0.25) is 0 Å². The molecule has 4 rings (SSSR count). The quantitative estimate of drug-likeness (QED) is 0.668. The minimum absolute atomic E-state index is 0.179. The molecule has 0 radical (unpaired) electrons. The first kappa shape index (κ1) is 17.0. The van der Waals surface area contributed by atoms with Crippen molar-refractivity contribution in [1.82, 2.24) is 10.3 Å². The van der Waals surface area contributed by atoms with Crippen LogP contribution < -0.4 is 15.5 Å². The summed E-state index contributed by atoms with van der Waals surface area (Å²) < 4.78 is 11.5. The lowest BCUT2D eigenvalue weighted by Gasteiger charge is -2.28. The Labute approximate surface area is 159 Å². The van der Waals surface area contributed by atoms with Crippen LogP contribution in [0.15, 0.2) is 41.0 Å². The lowest BCUT2D eigenvalue weighted by Crippen LogP contribution is -2.36. The molecular formula is C17H16N4O3S2. The smallest absolute Gasteiger partial charge is 0.293 e. The lowest BCUT2D eigenvalue weighted by molar-refractivity contribution is 0.0950. The fourth-order valence-corrected chi connectivity index (χ4v) is 3.84. The average Bonchev–Trinajstić information content (AvgIpc) is 3.31. The predicted octanol–water partition coefficient (Wildman–Crippen LogP) is 2.85. The minimum atomic E-state index is -0.400. The number of morpholine rings is 1. The van der Waals surface area contributed by atoms with Crippen LogP contribution in [0.4, 0.5) is 10.8 Å². The molecule has 0 atom stereocenters. The third-order valence-corrected chi connectivity index (χ3v) is 5.08. The van der Waals surface area contributed by atoms with Crippen LogP contribution in [-0.4, -0.2) is 42.3 Å². The Kier molecular flexibility index (Phi) is 4.83. The second kappa shape index (κ2) is 7.40. The number of anilines is 2. The van der Waals surface area contributed by atoms with Gasteiger partial charge in [0.05, 0.1) is 29.7 Å². The molecule has 1 saturated heterocycles. The average molecular weight is 388 g/mol. The van der Waals surface area contributed by atoms with Gasteiger partial charge in [0.1, 0.15) is 0 Å². The molecule has 3 heterocycles. The standard InChI is InChI=1S/C17H16N4O3S2/c22-15(13-2-1-7-24-13)19-16(25)20-17-18-12-4-3-11(10-14(12)26-17)21-5-8-23-9-6-21/h1-4,7,10H,5-6,8-9H2,(H2,18,19,20,22,25). The molecule has 9 heteroatoms. The highest BCUT2D eigenvalue weighted by Crippen LogP contribution is 2.30. The SMILES string of the molecule is O=C(NC(=S)Nc1nc2ccc(N3CCOCC3)cc2s1)c1ccco1. The number of nitrogens with zero attached hydrogens (tertiary/aromatic N) is 2. The number of thiazole rings is 1. The van der Waals surface area contributed by atoms with E-state index in [-0.39, 0.29) is 10.9 Å². The first-order valence-electron chi connectivity index (χ1n) is 8.08. The molecule has 0 bridgehead atoms. The fraction of sp³-hybridized carbons (Fsp3) is 0.235. The van der Waals surface area contributed by atoms with E-state index in [9.17, 15) is 4.79 Å². The van der Waals surface area contributed by atoms with Crippen molar-refractivity contribution in [3.8, 4) is 0 Å². The first-order valence-corrected chi connectivity index (χ1v) is 9.31. The Morgan fingerprint density at radius 3 is 2.88 bits per heavy atom. The Bertz CT molecular complexity index is 933. The number of furan rings is 1. The molecule has 7 nitrogen and oxygen atoms in total. The molecule has 1 amide bonds. The number of amides is 1. The van der Waals surface area contributed by atoms with E-state index in [4.69, 9.17) is 21.4 Å². The molecule has 0 unspecified atom stereocenters. The number of hydrogen-bond donors (Lipinski definition) is 2. The Hall–Kier alpha value is -2.49. The predicted molar refractivity (Wildman–Crippen MR) is 105 cm³/mol. The summed E-state index contributed by atoms with van der Waals surface area (Å²) in [4.78, 5) is 18.7. The van der Waals surface area contributed by atoms with Gasteiger partial charge in [0, 0.05) is 18.8 Å². The van der Waals surface area contributed by atoms with E-state index < -0.39 is 5.91 Å². The highest BCUT2D eigenvalue weighted by molar-refractivity contribution is 7.80. The van der Waals surface area contributed by atoms with Gasteiger partial charge in [-0.1, -0.05) is 11.3 Å². The summed E-state index contributed by atoms with van der Waals surface area (Å²) in [6.45, 7) is 3.27. The van der Waals surface area contributed by atoms with Gasteiger partial charge >= 0.3 is 0 Å². The number of aromatic nitrogens is 1. The molecule has 2 N–H and O–H groups in total. The van der Waals surface area contributed by atoms with Gasteiger partial charge in [-0.05, 0) is 42.5 Å². The molecule has 1 aliphatic heterocycles. The maximum Gasteiger partial charge on any atom is 0.293 e. The highest BCUT2D eigenvalue weighted by atomic mass is 32.1. The third-order valence-electron chi connectivity index (χ3n) is 3.94. The summed E-state index contributed by atoms with van der Waals surface area (Å²) in [6, 6.07) is 9.39. The Morgan fingerprint density at radius 1 is 1.27 bits per heavy atom. The van der Waals surface area contributed by atoms with E-state index in [0.717, 1.165) is 42.2 Å². The molecule has 0 aliphatic carbocycles. The number of fused-ring (bicyclic) bond motifs is 1. The topological polar surface area (TPSA) is 79.6 Å². The number of carbonyl (C=O) groups excluding carboxylic acids is 1. The van der Waals surface area contributed by atoms with Crippen LogP contribution in [-0.2, 0) is 4.74 Å². The van der Waals surface area contributed by atoms with E-state index in [0.29, 0.717) is 5.13 Å². The van der Waals surface area contributed by atoms with Crippen molar-refractivity contribution in [2.24, 2.45) is 0 Å². The number of carbonyl (C=O) groups is 1. The maximum absolute atomic E-state index is 11.9. The van der Waals surface area contributed by atoms with Gasteiger partial charge in [0.15, 0.2) is 16.0 Å². The number of nitrogens with one attached hydrogen (secondary N) is 2. The lowest BCUT2D eigenvalue weighted by atomic mass is 10.2. The molecule has 26 heavy (non-hydrogen) atoms. The van der Waals surface area contributed by atoms with Crippen LogP contribution in [0.25, 0.3) is 10.2 Å². The second-order valence-corrected chi connectivity index (χ2v) is 7.09. The van der Waals surface area contributed by atoms with E-state index in [1.807, 2.05) is 6.07 Å². The van der Waals surface area contributed by atoms with Gasteiger partial charge < -0.3 is 19.4 Å². The Balaban J connectivity index is 1.45. The summed E-state index contributed by atoms with van der Waals surface area (Å²) in [6.07, 6.45) is 1.44. The molecule has 1 aliphatic rings. The zero-order valence-corrected chi connectivity index (χ0v) is 15.4. The van der Waals surface area contributed by atoms with Gasteiger partial charge in [-0.3, -0.25) is 10.1 Å². The van der Waals surface area contributed by atoms with Crippen LogP contribution >= 0.6 is 23.6 Å². The van der Waals surface area contributed by atoms with Crippen molar-refractivity contribution in [1.29, 1.82) is 0 Å². The van der Waals surface area contributed by atoms with Gasteiger partial charge in [-0.25, -0.2) is 4.98 Å². The molecule has 134 valence electrons. The molecule has 0 spiro atoms. The van der Waals surface area contributed by atoms with Crippen LogP contribution in [0.2, 0.25) is 0 Å². The van der Waals surface area contributed by atoms with Crippen molar-refractivity contribution < 1.29 is 13.9 Å². The van der Waals surface area contributed by atoms with Crippen LogP contribution in [0, 0.1) is 0 Å². The summed E-state index contributed by atoms with van der Waals surface area (Å²) in [7, 11) is 0. The number of rotatable bonds is 3. The monoisotopic (exact) mass is 388 g/mol. The maximum atomic E-state index is 11.9. The van der Waals surface area contributed by atoms with E-state index in [2.05, 4.69) is 32.7 Å². The number of ether oxygens (including phenoxy) is 1. The van der Waals surface area contributed by atoms with E-state index in [1.165, 1.54) is 17.6 Å². The molecule has 2 aromatic heterocycles. The molecule has 0 saturated carbocycles. The van der Waals surface area contributed by atoms with E-state index >= 15 is 0 Å². The number of hydrogen-bond acceptors (Lipinski definition) is 7. The second-order valence-electron chi connectivity index (χ2n) is 5.66. The minimum Gasteiger partial charge on any atom is -0.459 e. The summed E-state index contributed by atoms with van der Waals surface area (Å²) in [5.74, 6) is -0.197. The van der Waals surface area contributed by atoms with Gasteiger partial charge in [0.25, 0.3) is 5.91 Å². The molecule has 1 fully saturated rings. The van der Waals surface area contributed by atoms with Crippen molar-refractivity contribution in [3.05, 3.63) is 42.4 Å². The molecule has 3 aromatic rings. The fourth-order valence-electron chi connectivity index (χ4n) is 2.69. The highest BCUT2D eigenvalue weighted by Gasteiger charge is 2.14. The van der Waals surface area contributed by atoms with Crippen molar-refractivity contribution in [2.75, 3.05) is 36.5 Å². The van der Waals surface area contributed by atoms with Gasteiger partial charge in [-0.15, -0.1) is 0 Å². The van der Waals surface area contributed by atoms with Crippen molar-refractivity contribution >= 4 is 55.6 Å². The molecule has 1 aromatic carbocycles. The van der Waals surface area contributed by atoms with Crippen LogP contribution in [0.1, 0.15) is 10.6 Å². The number of benzene rings is 1. The van der Waals surface area contributed by atoms with Crippen LogP contribution in [0.5, 0.6) is 0 Å². The van der Waals surface area contributed by atoms with Gasteiger partial charge in [-0.2, -0.15) is 0 Å². The zero-order valence-electron chi connectivity index (χ0n) is 13.7. The first-order chi connectivity index (χ1) is 12.7. The van der Waals surface area contributed by atoms with Crippen molar-refractivity contribution in [2.45, 2.75) is 0 Å². The summed E-state index contributed by atoms with van der Waals surface area (Å²) >= 11 is 6.66. The van der Waals surface area contributed by atoms with Crippen molar-refractivity contribution in [3.63, 3.8) is 0 Å². The summed E-state index contributed by atoms with van der Waals surface area (Å²) in [5.41, 5.74) is 2.04. The zero-order chi connectivity index (χ0) is 17.9. The largest absolute Gasteiger partial charge is 0.459 e. The van der Waals surface area contributed by atoms with Crippen LogP contribution in [0.3, 0.4) is 0 Å². The third kappa shape index (κ3) is 3.69. The summed E-state index contributed by atoms with van der Waals surface area (Å²) in [5, 5.41) is 6.33. The Morgan fingerprint density at radius 2 is 2.12 bits per heavy atom. The normalized spacial score (nSPS) is 14.4. The van der Waals surface area contributed by atoms with E-state index in [1.54, 1.807) is 12.1 Å². The molecular weight excluding hydrogens is 372 g/mol. The number of thiocarbonyl (C=S) groups is 1.